The van der Waals surface area contributed by atoms with E-state index in [2.05, 4.69) is 4.98 Å². The lowest BCUT2D eigenvalue weighted by molar-refractivity contribution is -0.382. The molecule has 0 aliphatic heterocycles. The summed E-state index contributed by atoms with van der Waals surface area (Å²) in [4.78, 5) is 27.6. The van der Waals surface area contributed by atoms with Crippen LogP contribution in [0.1, 0.15) is 20.3 Å². The Kier molecular flexibility index (Phi) is 4.37. The minimum absolute atomic E-state index is 0.0564. The van der Waals surface area contributed by atoms with E-state index in [-0.39, 0.29) is 24.7 Å². The van der Waals surface area contributed by atoms with Gasteiger partial charge >= 0.3 is 11.7 Å². The van der Waals surface area contributed by atoms with E-state index < -0.39 is 10.9 Å². The molecule has 0 saturated carbocycles. The van der Waals surface area contributed by atoms with Crippen molar-refractivity contribution in [1.82, 2.24) is 4.98 Å². The summed E-state index contributed by atoms with van der Waals surface area (Å²) in [6.45, 7) is 3.96. The minimum Gasteiger partial charge on any atom is -0.481 e. The molecule has 1 aromatic heterocycles. The number of anilines is 1. The van der Waals surface area contributed by atoms with E-state index in [9.17, 15) is 14.9 Å². The number of carboxylic acid groups (broad SMARTS) is 1. The standard InChI is InChI=1S/C13H15N3O4S/c1-8(2)15(6-5-11(17)18)9-3-4-10-12(14-7-21-10)13(9)16(19)20/h3-4,7-8H,5-6H2,1-2H3,(H,17,18). The second-order valence-electron chi connectivity index (χ2n) is 4.82. The molecule has 0 aliphatic rings. The summed E-state index contributed by atoms with van der Waals surface area (Å²) in [5.74, 6) is -0.932. The highest BCUT2D eigenvalue weighted by Gasteiger charge is 2.26. The number of benzene rings is 1. The van der Waals surface area contributed by atoms with Gasteiger partial charge in [-0.15, -0.1) is 11.3 Å². The number of carboxylic acids is 1. The number of nitro groups is 1. The van der Waals surface area contributed by atoms with Gasteiger partial charge in [-0.1, -0.05) is 0 Å². The van der Waals surface area contributed by atoms with E-state index in [1.807, 2.05) is 13.8 Å². The molecule has 7 nitrogen and oxygen atoms in total. The highest BCUT2D eigenvalue weighted by Crippen LogP contribution is 2.37. The zero-order valence-corrected chi connectivity index (χ0v) is 12.5. The van der Waals surface area contributed by atoms with Gasteiger partial charge in [-0.3, -0.25) is 14.9 Å². The first-order valence-electron chi connectivity index (χ1n) is 6.41. The highest BCUT2D eigenvalue weighted by molar-refractivity contribution is 7.16. The fraction of sp³-hybridized carbons (Fsp3) is 0.385. The summed E-state index contributed by atoms with van der Waals surface area (Å²) >= 11 is 1.34. The number of nitro benzene ring substituents is 1. The molecule has 0 bridgehead atoms. The summed E-state index contributed by atoms with van der Waals surface area (Å²) in [6.07, 6.45) is -0.0789. The Labute approximate surface area is 125 Å². The fourth-order valence-corrected chi connectivity index (χ4v) is 2.87. The largest absolute Gasteiger partial charge is 0.481 e. The van der Waals surface area contributed by atoms with Gasteiger partial charge in [0.1, 0.15) is 5.69 Å². The first kappa shape index (κ1) is 15.2. The van der Waals surface area contributed by atoms with Crippen molar-refractivity contribution in [1.29, 1.82) is 0 Å². The molecule has 0 fully saturated rings. The van der Waals surface area contributed by atoms with Crippen molar-refractivity contribution in [3.05, 3.63) is 27.8 Å². The van der Waals surface area contributed by atoms with Gasteiger partial charge in [0.05, 0.1) is 21.6 Å². The number of aromatic nitrogens is 1. The molecule has 1 heterocycles. The van der Waals surface area contributed by atoms with Crippen LogP contribution in [0.15, 0.2) is 17.6 Å². The molecule has 21 heavy (non-hydrogen) atoms. The zero-order valence-electron chi connectivity index (χ0n) is 11.6. The predicted octanol–water partition coefficient (Wildman–Crippen LogP) is 2.89. The van der Waals surface area contributed by atoms with Crippen LogP contribution in [0.4, 0.5) is 11.4 Å². The van der Waals surface area contributed by atoms with Gasteiger partial charge in [0, 0.05) is 12.6 Å². The minimum atomic E-state index is -0.932. The summed E-state index contributed by atoms with van der Waals surface area (Å²) in [7, 11) is 0. The van der Waals surface area contributed by atoms with Crippen LogP contribution in [0.25, 0.3) is 10.2 Å². The van der Waals surface area contributed by atoms with Crippen LogP contribution < -0.4 is 4.90 Å². The van der Waals surface area contributed by atoms with Crippen molar-refractivity contribution in [2.75, 3.05) is 11.4 Å². The lowest BCUT2D eigenvalue weighted by Crippen LogP contribution is -2.33. The van der Waals surface area contributed by atoms with Crippen LogP contribution in [-0.4, -0.2) is 33.6 Å². The van der Waals surface area contributed by atoms with Crippen molar-refractivity contribution in [3.63, 3.8) is 0 Å². The Morgan fingerprint density at radius 3 is 2.81 bits per heavy atom. The molecule has 0 amide bonds. The molecule has 0 atom stereocenters. The van der Waals surface area contributed by atoms with E-state index >= 15 is 0 Å². The van der Waals surface area contributed by atoms with Crippen molar-refractivity contribution in [3.8, 4) is 0 Å². The van der Waals surface area contributed by atoms with E-state index in [4.69, 9.17) is 5.11 Å². The van der Waals surface area contributed by atoms with Crippen LogP contribution in [0.2, 0.25) is 0 Å². The Morgan fingerprint density at radius 2 is 2.24 bits per heavy atom. The average Bonchev–Trinajstić information content (AvgIpc) is 2.85. The number of hydrogen-bond donors (Lipinski definition) is 1. The molecule has 0 unspecified atom stereocenters. The summed E-state index contributed by atoms with van der Waals surface area (Å²) in [6, 6.07) is 3.39. The second kappa shape index (κ2) is 6.04. The van der Waals surface area contributed by atoms with Gasteiger partial charge in [-0.25, -0.2) is 4.98 Å². The smallest absolute Gasteiger partial charge is 0.319 e. The molecular weight excluding hydrogens is 294 g/mol. The van der Waals surface area contributed by atoms with Crippen molar-refractivity contribution < 1.29 is 14.8 Å². The van der Waals surface area contributed by atoms with E-state index in [1.165, 1.54) is 11.3 Å². The predicted molar refractivity (Wildman–Crippen MR) is 81.0 cm³/mol. The Morgan fingerprint density at radius 1 is 1.52 bits per heavy atom. The summed E-state index contributed by atoms with van der Waals surface area (Å²) in [5.41, 5.74) is 2.27. The number of aliphatic carboxylic acids is 1. The third-order valence-electron chi connectivity index (χ3n) is 3.14. The maximum absolute atomic E-state index is 11.4. The summed E-state index contributed by atoms with van der Waals surface area (Å²) in [5, 5.41) is 20.3. The Balaban J connectivity index is 2.53. The number of rotatable bonds is 6. The van der Waals surface area contributed by atoms with Gasteiger partial charge in [0.15, 0.2) is 5.52 Å². The van der Waals surface area contributed by atoms with Crippen molar-refractivity contribution in [2.45, 2.75) is 26.3 Å². The molecule has 0 aliphatic carbocycles. The molecule has 1 N–H and O–H groups in total. The molecule has 0 spiro atoms. The quantitative estimate of drug-likeness (QED) is 0.651. The SMILES string of the molecule is CC(C)N(CCC(=O)O)c1ccc2scnc2c1[N+](=O)[O-]. The Hall–Kier alpha value is -2.22. The van der Waals surface area contributed by atoms with Gasteiger partial charge in [-0.2, -0.15) is 0 Å². The fourth-order valence-electron chi connectivity index (χ4n) is 2.19. The molecule has 8 heteroatoms. The van der Waals surface area contributed by atoms with Crippen LogP contribution in [-0.2, 0) is 4.79 Å². The summed E-state index contributed by atoms with van der Waals surface area (Å²) < 4.78 is 0.743. The van der Waals surface area contributed by atoms with E-state index in [0.29, 0.717) is 11.2 Å². The van der Waals surface area contributed by atoms with Gasteiger partial charge in [0.25, 0.3) is 0 Å². The number of hydrogen-bond acceptors (Lipinski definition) is 6. The number of thiazole rings is 1. The average molecular weight is 309 g/mol. The van der Waals surface area contributed by atoms with E-state index in [1.54, 1.807) is 22.5 Å². The molecule has 1 aromatic carbocycles. The van der Waals surface area contributed by atoms with Crippen molar-refractivity contribution >= 4 is 38.9 Å². The molecular formula is C13H15N3O4S. The van der Waals surface area contributed by atoms with Gasteiger partial charge < -0.3 is 10.0 Å². The van der Waals surface area contributed by atoms with Gasteiger partial charge in [-0.05, 0) is 26.0 Å². The highest BCUT2D eigenvalue weighted by atomic mass is 32.1. The Bertz CT molecular complexity index is 683. The normalized spacial score (nSPS) is 11.0. The third-order valence-corrected chi connectivity index (χ3v) is 3.93. The topological polar surface area (TPSA) is 96.6 Å². The molecule has 112 valence electrons. The number of fused-ring (bicyclic) bond motifs is 1. The van der Waals surface area contributed by atoms with Crippen molar-refractivity contribution in [2.24, 2.45) is 0 Å². The van der Waals surface area contributed by atoms with Crippen LogP contribution in [0, 0.1) is 10.1 Å². The lowest BCUT2D eigenvalue weighted by atomic mass is 10.1. The van der Waals surface area contributed by atoms with Crippen LogP contribution >= 0.6 is 11.3 Å². The van der Waals surface area contributed by atoms with Crippen LogP contribution in [0.3, 0.4) is 0 Å². The molecule has 2 rings (SSSR count). The number of nitrogens with zero attached hydrogens (tertiary/aromatic N) is 3. The monoisotopic (exact) mass is 309 g/mol. The lowest BCUT2D eigenvalue weighted by Gasteiger charge is -2.28. The number of carbonyl (C=O) groups is 1. The van der Waals surface area contributed by atoms with E-state index in [0.717, 1.165) is 4.70 Å². The maximum Gasteiger partial charge on any atom is 0.319 e. The van der Waals surface area contributed by atoms with Gasteiger partial charge in [0.2, 0.25) is 0 Å². The molecule has 0 saturated heterocycles. The zero-order chi connectivity index (χ0) is 15.6. The first-order valence-corrected chi connectivity index (χ1v) is 7.28. The second-order valence-corrected chi connectivity index (χ2v) is 5.71. The maximum atomic E-state index is 11.4. The molecule has 2 aromatic rings. The van der Waals surface area contributed by atoms with Crippen LogP contribution in [0.5, 0.6) is 0 Å². The first-order chi connectivity index (χ1) is 9.91. The third kappa shape index (κ3) is 3.10. The molecule has 0 radical (unpaired) electrons.